The normalized spacial score (nSPS) is 23.6. The van der Waals surface area contributed by atoms with E-state index in [4.69, 9.17) is 11.6 Å². The van der Waals surface area contributed by atoms with Gasteiger partial charge < -0.3 is 14.5 Å². The highest BCUT2D eigenvalue weighted by molar-refractivity contribution is 6.48. The van der Waals surface area contributed by atoms with Crippen LogP contribution in [0.5, 0.6) is 0 Å². The molecular weight excluding hydrogens is 519 g/mol. The number of nitrogens with zero attached hydrogens (tertiary/aromatic N) is 3. The maximum absolute atomic E-state index is 15.2. The van der Waals surface area contributed by atoms with E-state index in [1.165, 1.54) is 33.0 Å². The van der Waals surface area contributed by atoms with Crippen molar-refractivity contribution in [3.63, 3.8) is 0 Å². The Kier molecular flexibility index (Phi) is 7.20. The molecule has 0 bridgehead atoms. The van der Waals surface area contributed by atoms with Crippen molar-refractivity contribution < 1.29 is 28.0 Å². The third-order valence-corrected chi connectivity index (χ3v) is 9.14. The Balaban J connectivity index is 1.64. The maximum atomic E-state index is 15.2. The van der Waals surface area contributed by atoms with Gasteiger partial charge in [-0.05, 0) is 40.5 Å². The molecule has 2 aromatic rings. The molecule has 0 saturated carbocycles. The summed E-state index contributed by atoms with van der Waals surface area (Å²) in [6, 6.07) is 9.81. The Morgan fingerprint density at radius 3 is 2.21 bits per heavy atom. The minimum atomic E-state index is -3.79. The van der Waals surface area contributed by atoms with Crippen LogP contribution in [-0.2, 0) is 32.2 Å². The summed E-state index contributed by atoms with van der Waals surface area (Å²) < 4.78 is 30.3. The summed E-state index contributed by atoms with van der Waals surface area (Å²) >= 11 is 5.81. The van der Waals surface area contributed by atoms with Crippen molar-refractivity contribution in [2.75, 3.05) is 0 Å². The van der Waals surface area contributed by atoms with E-state index in [9.17, 15) is 19.2 Å². The quantitative estimate of drug-likeness (QED) is 0.284. The van der Waals surface area contributed by atoms with Crippen LogP contribution >= 0.6 is 11.6 Å². The van der Waals surface area contributed by atoms with Crippen LogP contribution in [0.1, 0.15) is 27.0 Å². The molecule has 2 aliphatic rings. The standard InChI is InChI=1S/C22H25B7ClF2N3O4/c23-14-15(24)20(25,18(38)34(28)17(14)37)33-8-9-7-11(3-6-13(9)16(33)36)22(26,27)35(29)19(39)21(31,32)10-1-4-12(30)5-2-10/h1-7,14-15H,8,23-29H2/t14?,15?,20-/m1/s1. The lowest BCUT2D eigenvalue weighted by Gasteiger charge is -2.50. The third kappa shape index (κ3) is 4.35. The topological polar surface area (TPSA) is 78.0 Å². The Hall–Kier alpha value is -2.88. The van der Waals surface area contributed by atoms with E-state index >= 15 is 8.78 Å². The largest absolute Gasteiger partial charge is 0.393 e. The van der Waals surface area contributed by atoms with Gasteiger partial charge in [-0.1, -0.05) is 35.9 Å². The average molecular weight is 545 g/mol. The lowest BCUT2D eigenvalue weighted by atomic mass is 9.48. The second-order valence-electron chi connectivity index (χ2n) is 11.2. The molecule has 1 saturated heterocycles. The van der Waals surface area contributed by atoms with Crippen molar-refractivity contribution >= 4 is 90.4 Å². The molecule has 3 atom stereocenters. The number of rotatable bonds is 5. The zero-order valence-electron chi connectivity index (χ0n) is 23.0. The van der Waals surface area contributed by atoms with Gasteiger partial charge >= 0.3 is 5.92 Å². The molecule has 1 fully saturated rings. The molecule has 39 heavy (non-hydrogen) atoms. The van der Waals surface area contributed by atoms with Gasteiger partial charge in [-0.25, -0.2) is 0 Å². The molecule has 4 amide bonds. The van der Waals surface area contributed by atoms with Gasteiger partial charge in [0.15, 0.2) is 0 Å². The average Bonchev–Trinajstić information content (AvgIpc) is 3.25. The van der Waals surface area contributed by atoms with Crippen LogP contribution < -0.4 is 0 Å². The van der Waals surface area contributed by atoms with Gasteiger partial charge in [0.2, 0.25) is 27.8 Å². The fourth-order valence-electron chi connectivity index (χ4n) is 5.52. The zero-order chi connectivity index (χ0) is 29.2. The number of halogens is 3. The van der Waals surface area contributed by atoms with E-state index in [2.05, 4.69) is 0 Å². The molecule has 194 valence electrons. The highest BCUT2D eigenvalue weighted by Crippen LogP contribution is 2.44. The minimum absolute atomic E-state index is 0.109. The van der Waals surface area contributed by atoms with Crippen molar-refractivity contribution in [2.24, 2.45) is 0 Å². The predicted molar refractivity (Wildman–Crippen MR) is 162 cm³/mol. The predicted octanol–water partition coefficient (Wildman–Crippen LogP) is -4.07. The first-order valence-electron chi connectivity index (χ1n) is 12.7. The van der Waals surface area contributed by atoms with Gasteiger partial charge in [-0.3, -0.25) is 19.2 Å². The molecular formula is C22H25B7ClF2N3O4. The van der Waals surface area contributed by atoms with E-state index < -0.39 is 45.7 Å². The Morgan fingerprint density at radius 2 is 1.62 bits per heavy atom. The number of amides is 4. The van der Waals surface area contributed by atoms with Crippen LogP contribution in [0, 0.1) is 0 Å². The van der Waals surface area contributed by atoms with Crippen molar-refractivity contribution in [1.82, 2.24) is 14.5 Å². The smallest absolute Gasteiger partial charge is 0.348 e. The van der Waals surface area contributed by atoms with Gasteiger partial charge in [-0.15, -0.1) is 0 Å². The van der Waals surface area contributed by atoms with Crippen molar-refractivity contribution in [1.29, 1.82) is 0 Å². The molecule has 0 N–H and O–H groups in total. The monoisotopic (exact) mass is 545 g/mol. The van der Waals surface area contributed by atoms with Crippen LogP contribution in [0.3, 0.4) is 0 Å². The van der Waals surface area contributed by atoms with Crippen LogP contribution in [0.4, 0.5) is 8.78 Å². The number of carbonyl (C=O) groups excluding carboxylic acids is 4. The fraction of sp³-hybridized carbons (Fsp3) is 0.273. The molecule has 0 radical (unpaired) electrons. The first-order chi connectivity index (χ1) is 18.0. The number of piperidine rings is 1. The highest BCUT2D eigenvalue weighted by Gasteiger charge is 2.56. The molecule has 2 aromatic carbocycles. The number of fused-ring (bicyclic) bond motifs is 1. The molecule has 2 unspecified atom stereocenters. The van der Waals surface area contributed by atoms with Crippen LogP contribution in [0.15, 0.2) is 42.5 Å². The van der Waals surface area contributed by atoms with E-state index in [1.54, 1.807) is 57.4 Å². The number of hydrogen-bond acceptors (Lipinski definition) is 4. The molecule has 0 spiro atoms. The molecule has 0 aromatic heterocycles. The number of benzene rings is 2. The maximum Gasteiger partial charge on any atom is 0.348 e. The van der Waals surface area contributed by atoms with Crippen LogP contribution in [0.2, 0.25) is 16.7 Å². The first kappa shape index (κ1) is 29.1. The summed E-state index contributed by atoms with van der Waals surface area (Å²) in [7, 11) is 11.2. The summed E-state index contributed by atoms with van der Waals surface area (Å²) in [5.74, 6) is -7.15. The van der Waals surface area contributed by atoms with Gasteiger partial charge in [-0.2, -0.15) is 8.78 Å². The van der Waals surface area contributed by atoms with E-state index in [0.717, 1.165) is 21.8 Å². The second kappa shape index (κ2) is 9.64. The first-order valence-corrected chi connectivity index (χ1v) is 13.0. The number of carbonyl (C=O) groups is 4. The number of imide groups is 1. The molecule has 0 aliphatic carbocycles. The molecule has 17 heteroatoms. The summed E-state index contributed by atoms with van der Waals surface area (Å²) in [6.07, 6.45) is 0. The number of alkyl halides is 2. The molecule has 2 heterocycles. The lowest BCUT2D eigenvalue weighted by Crippen LogP contribution is -2.68. The SMILES string of the molecule is BC1C(=O)N(B)C(=O)[C@](B)(N2Cc3cc(C(B)(B)N(B)C(=O)C(F)(F)c4ccc(Cl)cc4)ccc3C2=O)C1B. The third-order valence-electron chi connectivity index (χ3n) is 8.89. The van der Waals surface area contributed by atoms with Gasteiger partial charge in [0.25, 0.3) is 11.8 Å². The Bertz CT molecular complexity index is 1400. The molecule has 4 rings (SSSR count). The summed E-state index contributed by atoms with van der Waals surface area (Å²) in [5.41, 5.74) is -0.159. The van der Waals surface area contributed by atoms with Crippen molar-refractivity contribution in [2.45, 2.75) is 34.9 Å². The van der Waals surface area contributed by atoms with Gasteiger partial charge in [0.05, 0.1) is 5.44 Å². The second-order valence-corrected chi connectivity index (χ2v) is 11.6. The van der Waals surface area contributed by atoms with E-state index in [-0.39, 0.29) is 23.4 Å². The zero-order valence-corrected chi connectivity index (χ0v) is 23.8. The van der Waals surface area contributed by atoms with Crippen LogP contribution in [-0.4, -0.2) is 98.8 Å². The number of hydrogen-bond donors (Lipinski definition) is 0. The summed E-state index contributed by atoms with van der Waals surface area (Å²) in [6.45, 7) is 0.109. The van der Waals surface area contributed by atoms with Gasteiger partial charge in [0, 0.05) is 28.5 Å². The minimum Gasteiger partial charge on any atom is -0.393 e. The Morgan fingerprint density at radius 1 is 1.05 bits per heavy atom. The molecule has 7 nitrogen and oxygen atoms in total. The van der Waals surface area contributed by atoms with Crippen molar-refractivity contribution in [3.8, 4) is 0 Å². The summed E-state index contributed by atoms with van der Waals surface area (Å²) in [4.78, 5) is 55.9. The van der Waals surface area contributed by atoms with Gasteiger partial charge in [0.1, 0.15) is 39.2 Å². The van der Waals surface area contributed by atoms with E-state index in [0.29, 0.717) is 16.7 Å². The molecule has 2 aliphatic heterocycles. The highest BCUT2D eigenvalue weighted by atomic mass is 35.5. The summed E-state index contributed by atoms with van der Waals surface area (Å²) in [5, 5.41) is -0.888. The van der Waals surface area contributed by atoms with E-state index in [1.807, 2.05) is 0 Å². The van der Waals surface area contributed by atoms with Crippen molar-refractivity contribution in [3.05, 3.63) is 69.7 Å². The Labute approximate surface area is 237 Å². The lowest BCUT2D eigenvalue weighted by molar-refractivity contribution is -0.155. The van der Waals surface area contributed by atoms with Crippen LogP contribution in [0.25, 0.3) is 0 Å². The fourth-order valence-corrected chi connectivity index (χ4v) is 5.65.